The van der Waals surface area contributed by atoms with E-state index in [1.165, 1.54) is 36.9 Å². The van der Waals surface area contributed by atoms with Crippen LogP contribution in [0.25, 0.3) is 0 Å². The summed E-state index contributed by atoms with van der Waals surface area (Å²) in [5.74, 6) is -2.15. The van der Waals surface area contributed by atoms with Crippen LogP contribution in [0, 0.1) is 0 Å². The summed E-state index contributed by atoms with van der Waals surface area (Å²) in [6.45, 7) is 1.18. The van der Waals surface area contributed by atoms with Gasteiger partial charge >= 0.3 is 5.97 Å². The van der Waals surface area contributed by atoms with Crippen LogP contribution >= 0.6 is 23.4 Å². The van der Waals surface area contributed by atoms with Gasteiger partial charge in [-0.2, -0.15) is 0 Å². The maximum absolute atomic E-state index is 13.1. The van der Waals surface area contributed by atoms with Gasteiger partial charge in [-0.05, 0) is 36.4 Å². The normalized spacial score (nSPS) is 12.3. The fourth-order valence-corrected chi connectivity index (χ4v) is 4.25. The monoisotopic (exact) mass is 424 g/mol. The minimum absolute atomic E-state index is 0.0281. The maximum Gasteiger partial charge on any atom is 0.308 e. The number of ketones is 2. The Hall–Kier alpha value is -3.09. The predicted molar refractivity (Wildman–Crippen MR) is 108 cm³/mol. The molecule has 3 aromatic carbocycles. The molecule has 5 nitrogen and oxygen atoms in total. The molecule has 0 spiro atoms. The summed E-state index contributed by atoms with van der Waals surface area (Å²) in [7, 11) is 0. The van der Waals surface area contributed by atoms with Crippen LogP contribution in [0.2, 0.25) is 5.02 Å². The van der Waals surface area contributed by atoms with Gasteiger partial charge in [-0.3, -0.25) is 14.4 Å². The lowest BCUT2D eigenvalue weighted by Gasteiger charge is -2.22. The van der Waals surface area contributed by atoms with Crippen LogP contribution in [-0.4, -0.2) is 22.6 Å². The molecule has 0 radical (unpaired) electrons. The van der Waals surface area contributed by atoms with Crippen molar-refractivity contribution in [3.8, 4) is 11.5 Å². The lowest BCUT2D eigenvalue weighted by molar-refractivity contribution is -0.131. The van der Waals surface area contributed by atoms with Gasteiger partial charge in [-0.25, -0.2) is 0 Å². The number of esters is 1. The third kappa shape index (κ3) is 3.30. The van der Waals surface area contributed by atoms with Crippen molar-refractivity contribution in [3.05, 3.63) is 81.9 Å². The molecular weight excluding hydrogens is 412 g/mol. The number of ether oxygens (including phenoxy) is 1. The summed E-state index contributed by atoms with van der Waals surface area (Å²) >= 11 is 7.38. The lowest BCUT2D eigenvalue weighted by atomic mass is 9.83. The van der Waals surface area contributed by atoms with E-state index in [-0.39, 0.29) is 38.8 Å². The number of hydrogen-bond acceptors (Lipinski definition) is 6. The van der Waals surface area contributed by atoms with Gasteiger partial charge in [0.25, 0.3) is 0 Å². The van der Waals surface area contributed by atoms with Crippen molar-refractivity contribution >= 4 is 40.9 Å². The molecule has 3 aromatic rings. The van der Waals surface area contributed by atoms with Crippen LogP contribution in [0.3, 0.4) is 0 Å². The molecule has 0 fully saturated rings. The summed E-state index contributed by atoms with van der Waals surface area (Å²) in [6, 6.07) is 15.2. The Kier molecular flexibility index (Phi) is 4.90. The van der Waals surface area contributed by atoms with Crippen molar-refractivity contribution < 1.29 is 24.2 Å². The first kappa shape index (κ1) is 19.2. The van der Waals surface area contributed by atoms with Crippen LogP contribution in [-0.2, 0) is 4.79 Å². The van der Waals surface area contributed by atoms with E-state index >= 15 is 0 Å². The molecule has 29 heavy (non-hydrogen) atoms. The molecule has 0 saturated carbocycles. The fraction of sp³-hybridized carbons (Fsp3) is 0.0455. The van der Waals surface area contributed by atoms with Crippen molar-refractivity contribution in [1.29, 1.82) is 0 Å². The Morgan fingerprint density at radius 2 is 1.55 bits per heavy atom. The Bertz CT molecular complexity index is 1190. The molecule has 0 amide bonds. The number of phenols is 1. The highest BCUT2D eigenvalue weighted by atomic mass is 35.5. The molecular formula is C22H13ClO5S. The molecule has 1 N–H and O–H groups in total. The van der Waals surface area contributed by atoms with Crippen molar-refractivity contribution in [3.63, 3.8) is 0 Å². The average Bonchev–Trinajstić information content (AvgIpc) is 2.69. The molecule has 0 saturated heterocycles. The fourth-order valence-electron chi connectivity index (χ4n) is 3.17. The van der Waals surface area contributed by atoms with Crippen molar-refractivity contribution in [1.82, 2.24) is 0 Å². The van der Waals surface area contributed by atoms with Gasteiger partial charge in [-0.1, -0.05) is 41.6 Å². The SMILES string of the molecule is CC(=O)Oc1c(Cl)ccc2c1C(=O)c1ccc(Sc3ccccc3)c(O)c1C2=O. The van der Waals surface area contributed by atoms with E-state index < -0.39 is 17.5 Å². The second-order valence-corrected chi connectivity index (χ2v) is 7.82. The van der Waals surface area contributed by atoms with Gasteiger partial charge in [0, 0.05) is 22.9 Å². The Morgan fingerprint density at radius 1 is 0.931 bits per heavy atom. The molecule has 0 atom stereocenters. The Balaban J connectivity index is 1.85. The largest absolute Gasteiger partial charge is 0.506 e. The number of carbonyl (C=O) groups excluding carboxylic acids is 3. The van der Waals surface area contributed by atoms with E-state index in [0.29, 0.717) is 4.90 Å². The van der Waals surface area contributed by atoms with Crippen molar-refractivity contribution in [2.45, 2.75) is 16.7 Å². The number of fused-ring (bicyclic) bond motifs is 2. The standard InChI is InChI=1S/C22H13ClO5S/c1-11(24)28-22-15(23)9-7-14-18(22)20(26)13-8-10-16(21(27)17(13)19(14)25)29-12-5-3-2-4-6-12/h2-10,27H,1H3. The Labute approximate surface area is 175 Å². The highest BCUT2D eigenvalue weighted by molar-refractivity contribution is 7.99. The summed E-state index contributed by atoms with van der Waals surface area (Å²) in [5, 5.41) is 10.8. The summed E-state index contributed by atoms with van der Waals surface area (Å²) in [6.07, 6.45) is 0. The number of aromatic hydroxyl groups is 1. The predicted octanol–water partition coefficient (Wildman–Crippen LogP) is 4.90. The minimum Gasteiger partial charge on any atom is -0.506 e. The molecule has 7 heteroatoms. The molecule has 1 aliphatic carbocycles. The highest BCUT2D eigenvalue weighted by Crippen LogP contribution is 2.44. The summed E-state index contributed by atoms with van der Waals surface area (Å²) in [5.41, 5.74) is -0.0824. The second kappa shape index (κ2) is 7.39. The zero-order valence-electron chi connectivity index (χ0n) is 15.1. The summed E-state index contributed by atoms with van der Waals surface area (Å²) in [4.78, 5) is 39.0. The van der Waals surface area contributed by atoms with E-state index in [4.69, 9.17) is 16.3 Å². The molecule has 0 bridgehead atoms. The van der Waals surface area contributed by atoms with E-state index in [1.807, 2.05) is 30.3 Å². The van der Waals surface area contributed by atoms with E-state index in [9.17, 15) is 19.5 Å². The van der Waals surface area contributed by atoms with Crippen LogP contribution in [0.1, 0.15) is 38.8 Å². The van der Waals surface area contributed by atoms with Crippen molar-refractivity contribution in [2.75, 3.05) is 0 Å². The number of carbonyl (C=O) groups is 3. The molecule has 4 rings (SSSR count). The third-order valence-electron chi connectivity index (χ3n) is 4.41. The van der Waals surface area contributed by atoms with Crippen molar-refractivity contribution in [2.24, 2.45) is 0 Å². The molecule has 0 heterocycles. The molecule has 144 valence electrons. The lowest BCUT2D eigenvalue weighted by Crippen LogP contribution is -2.23. The van der Waals surface area contributed by atoms with E-state index in [2.05, 4.69) is 0 Å². The van der Waals surface area contributed by atoms with Crippen LogP contribution in [0.5, 0.6) is 11.5 Å². The van der Waals surface area contributed by atoms with E-state index in [1.54, 1.807) is 6.07 Å². The smallest absolute Gasteiger partial charge is 0.308 e. The topological polar surface area (TPSA) is 80.7 Å². The van der Waals surface area contributed by atoms with Gasteiger partial charge in [0.1, 0.15) is 5.75 Å². The number of hydrogen-bond donors (Lipinski definition) is 1. The zero-order chi connectivity index (χ0) is 20.7. The summed E-state index contributed by atoms with van der Waals surface area (Å²) < 4.78 is 5.10. The van der Waals surface area contributed by atoms with Gasteiger partial charge in [-0.15, -0.1) is 0 Å². The van der Waals surface area contributed by atoms with Gasteiger partial charge < -0.3 is 9.84 Å². The first-order valence-electron chi connectivity index (χ1n) is 8.57. The van der Waals surface area contributed by atoms with Crippen LogP contribution in [0.15, 0.2) is 64.4 Å². The molecule has 0 unspecified atom stereocenters. The molecule has 0 aliphatic heterocycles. The van der Waals surface area contributed by atoms with Gasteiger partial charge in [0.2, 0.25) is 0 Å². The minimum atomic E-state index is -0.663. The van der Waals surface area contributed by atoms with Gasteiger partial charge in [0.05, 0.1) is 21.0 Å². The number of halogens is 1. The third-order valence-corrected chi connectivity index (χ3v) is 5.77. The zero-order valence-corrected chi connectivity index (χ0v) is 16.6. The second-order valence-electron chi connectivity index (χ2n) is 6.30. The van der Waals surface area contributed by atoms with Crippen LogP contribution < -0.4 is 4.74 Å². The van der Waals surface area contributed by atoms with E-state index in [0.717, 1.165) is 4.90 Å². The highest BCUT2D eigenvalue weighted by Gasteiger charge is 2.36. The molecule has 0 aromatic heterocycles. The van der Waals surface area contributed by atoms with Crippen LogP contribution in [0.4, 0.5) is 0 Å². The number of rotatable bonds is 3. The molecule has 1 aliphatic rings. The number of phenolic OH excluding ortho intramolecular Hbond substituents is 1. The quantitative estimate of drug-likeness (QED) is 0.372. The average molecular weight is 425 g/mol. The Morgan fingerprint density at radius 3 is 2.24 bits per heavy atom. The first-order valence-corrected chi connectivity index (χ1v) is 9.77. The van der Waals surface area contributed by atoms with Gasteiger partial charge in [0.15, 0.2) is 17.3 Å². The maximum atomic E-state index is 13.1. The first-order chi connectivity index (χ1) is 13.9. The number of benzene rings is 3.